The summed E-state index contributed by atoms with van der Waals surface area (Å²) in [5.74, 6) is -0.551. The van der Waals surface area contributed by atoms with Gasteiger partial charge in [0.15, 0.2) is 11.6 Å². The minimum absolute atomic E-state index is 0.134. The quantitative estimate of drug-likeness (QED) is 0.631. The Labute approximate surface area is 134 Å². The highest BCUT2D eigenvalue weighted by Crippen LogP contribution is 2.20. The van der Waals surface area contributed by atoms with Crippen molar-refractivity contribution in [3.63, 3.8) is 0 Å². The second-order valence-electron chi connectivity index (χ2n) is 5.37. The Kier molecular flexibility index (Phi) is 4.33. The molecule has 0 N–H and O–H groups in total. The van der Waals surface area contributed by atoms with E-state index in [4.69, 9.17) is 4.74 Å². The number of benzene rings is 2. The van der Waals surface area contributed by atoms with Crippen molar-refractivity contribution < 1.29 is 13.9 Å². The van der Waals surface area contributed by atoms with E-state index in [0.29, 0.717) is 17.9 Å². The van der Waals surface area contributed by atoms with Gasteiger partial charge in [-0.15, -0.1) is 0 Å². The van der Waals surface area contributed by atoms with Crippen LogP contribution in [-0.4, -0.2) is 11.9 Å². The topological polar surface area (TPSA) is 38.7 Å². The van der Waals surface area contributed by atoms with Crippen molar-refractivity contribution >= 4 is 17.9 Å². The lowest BCUT2D eigenvalue weighted by atomic mass is 10.0. The van der Waals surface area contributed by atoms with E-state index >= 15 is 0 Å². The first-order valence-electron chi connectivity index (χ1n) is 7.44. The number of rotatable bonds is 4. The van der Waals surface area contributed by atoms with E-state index in [1.54, 1.807) is 18.2 Å². The first-order valence-corrected chi connectivity index (χ1v) is 7.44. The number of halogens is 1. The fourth-order valence-corrected chi connectivity index (χ4v) is 2.43. The summed E-state index contributed by atoms with van der Waals surface area (Å²) in [4.78, 5) is 16.0. The number of nitrogens with zero attached hydrogens (tertiary/aromatic N) is 1. The molecule has 0 saturated heterocycles. The Bertz CT molecular complexity index is 809. The van der Waals surface area contributed by atoms with E-state index in [1.165, 1.54) is 23.3 Å². The molecule has 0 amide bonds. The number of aryl methyl sites for hydroxylation is 2. The number of cyclic esters (lactones) is 1. The number of hydrogen-bond acceptors (Lipinski definition) is 3. The molecule has 0 aliphatic carbocycles. The smallest absolute Gasteiger partial charge is 0.363 e. The monoisotopic (exact) mass is 309 g/mol. The highest BCUT2D eigenvalue weighted by atomic mass is 19.1. The van der Waals surface area contributed by atoms with Crippen LogP contribution in [0.3, 0.4) is 0 Å². The van der Waals surface area contributed by atoms with Crippen LogP contribution in [-0.2, 0) is 16.0 Å². The molecule has 3 rings (SSSR count). The average molecular weight is 309 g/mol. The summed E-state index contributed by atoms with van der Waals surface area (Å²) in [6, 6.07) is 14.3. The SMILES string of the molecule is Cc1ccccc1CCC1=N/C(=C\c2ccccc2F)C(=O)O1. The van der Waals surface area contributed by atoms with Crippen molar-refractivity contribution in [1.29, 1.82) is 0 Å². The number of aliphatic imine (C=N–C) groups is 1. The van der Waals surface area contributed by atoms with Crippen LogP contribution in [0.25, 0.3) is 6.08 Å². The maximum absolute atomic E-state index is 13.6. The number of carbonyl (C=O) groups is 1. The minimum Gasteiger partial charge on any atom is -0.407 e. The van der Waals surface area contributed by atoms with Crippen LogP contribution in [0.4, 0.5) is 4.39 Å². The largest absolute Gasteiger partial charge is 0.407 e. The first kappa shape index (κ1) is 15.2. The lowest BCUT2D eigenvalue weighted by Gasteiger charge is -2.04. The summed E-state index contributed by atoms with van der Waals surface area (Å²) >= 11 is 0. The number of ether oxygens (including phenoxy) is 1. The minimum atomic E-state index is -0.534. The van der Waals surface area contributed by atoms with Gasteiger partial charge >= 0.3 is 5.97 Å². The van der Waals surface area contributed by atoms with Gasteiger partial charge in [-0.05, 0) is 36.6 Å². The second kappa shape index (κ2) is 6.57. The molecule has 2 aromatic carbocycles. The van der Waals surface area contributed by atoms with Gasteiger partial charge in [-0.3, -0.25) is 0 Å². The van der Waals surface area contributed by atoms with Crippen LogP contribution in [0.1, 0.15) is 23.1 Å². The van der Waals surface area contributed by atoms with Gasteiger partial charge in [-0.2, -0.15) is 0 Å². The van der Waals surface area contributed by atoms with Crippen molar-refractivity contribution in [2.45, 2.75) is 19.8 Å². The lowest BCUT2D eigenvalue weighted by Crippen LogP contribution is -2.05. The van der Waals surface area contributed by atoms with Crippen molar-refractivity contribution in [2.24, 2.45) is 4.99 Å². The Morgan fingerprint density at radius 1 is 1.09 bits per heavy atom. The predicted molar refractivity (Wildman–Crippen MR) is 87.4 cm³/mol. The van der Waals surface area contributed by atoms with Crippen molar-refractivity contribution in [3.8, 4) is 0 Å². The molecule has 2 aromatic rings. The average Bonchev–Trinajstić information content (AvgIpc) is 2.89. The zero-order chi connectivity index (χ0) is 16.2. The molecule has 0 spiro atoms. The molecule has 0 fully saturated rings. The zero-order valence-electron chi connectivity index (χ0n) is 12.8. The normalized spacial score (nSPS) is 15.7. The molecular weight excluding hydrogens is 293 g/mol. The van der Waals surface area contributed by atoms with Gasteiger partial charge < -0.3 is 4.74 Å². The van der Waals surface area contributed by atoms with Crippen molar-refractivity contribution in [1.82, 2.24) is 0 Å². The first-order chi connectivity index (χ1) is 11.1. The summed E-state index contributed by atoms with van der Waals surface area (Å²) in [5, 5.41) is 0. The molecule has 116 valence electrons. The lowest BCUT2D eigenvalue weighted by molar-refractivity contribution is -0.130. The van der Waals surface area contributed by atoms with Gasteiger partial charge in [0.25, 0.3) is 0 Å². The van der Waals surface area contributed by atoms with Gasteiger partial charge in [0, 0.05) is 12.0 Å². The predicted octanol–water partition coefficient (Wildman–Crippen LogP) is 4.06. The molecule has 23 heavy (non-hydrogen) atoms. The van der Waals surface area contributed by atoms with Crippen LogP contribution >= 0.6 is 0 Å². The third kappa shape index (κ3) is 3.54. The molecule has 0 saturated carbocycles. The Morgan fingerprint density at radius 3 is 2.61 bits per heavy atom. The molecule has 1 heterocycles. The van der Waals surface area contributed by atoms with Crippen LogP contribution < -0.4 is 0 Å². The third-order valence-corrected chi connectivity index (χ3v) is 3.73. The van der Waals surface area contributed by atoms with E-state index in [2.05, 4.69) is 4.99 Å². The number of carbonyl (C=O) groups excluding carboxylic acids is 1. The summed E-state index contributed by atoms with van der Waals surface area (Å²) in [6.45, 7) is 2.04. The van der Waals surface area contributed by atoms with Crippen LogP contribution in [0.15, 0.2) is 59.2 Å². The van der Waals surface area contributed by atoms with Gasteiger partial charge in [0.2, 0.25) is 0 Å². The van der Waals surface area contributed by atoms with Gasteiger partial charge in [-0.1, -0.05) is 42.5 Å². The van der Waals surface area contributed by atoms with E-state index < -0.39 is 11.8 Å². The van der Waals surface area contributed by atoms with E-state index in [-0.39, 0.29) is 5.70 Å². The van der Waals surface area contributed by atoms with E-state index in [1.807, 2.05) is 31.2 Å². The second-order valence-corrected chi connectivity index (χ2v) is 5.37. The molecular formula is C19H16FNO2. The number of esters is 1. The molecule has 3 nitrogen and oxygen atoms in total. The van der Waals surface area contributed by atoms with Gasteiger partial charge in [0.05, 0.1) is 0 Å². The van der Waals surface area contributed by atoms with Crippen LogP contribution in [0.2, 0.25) is 0 Å². The molecule has 0 atom stereocenters. The van der Waals surface area contributed by atoms with Crippen LogP contribution in [0, 0.1) is 12.7 Å². The van der Waals surface area contributed by atoms with Crippen LogP contribution in [0.5, 0.6) is 0 Å². The van der Waals surface area contributed by atoms with Gasteiger partial charge in [-0.25, -0.2) is 14.2 Å². The Morgan fingerprint density at radius 2 is 1.83 bits per heavy atom. The fourth-order valence-electron chi connectivity index (χ4n) is 2.43. The Hall–Kier alpha value is -2.75. The maximum Gasteiger partial charge on any atom is 0.363 e. The fraction of sp³-hybridized carbons (Fsp3) is 0.158. The van der Waals surface area contributed by atoms with E-state index in [0.717, 1.165) is 6.42 Å². The molecule has 0 bridgehead atoms. The summed E-state index contributed by atoms with van der Waals surface area (Å²) in [6.07, 6.45) is 2.69. The molecule has 0 radical (unpaired) electrons. The standard InChI is InChI=1S/C19H16FNO2/c1-13-6-2-3-7-14(13)10-11-18-21-17(19(22)23-18)12-15-8-4-5-9-16(15)20/h2-9,12H,10-11H2,1H3/b17-12-. The Balaban J connectivity index is 1.74. The summed E-state index contributed by atoms with van der Waals surface area (Å²) < 4.78 is 18.8. The molecule has 1 aliphatic heterocycles. The van der Waals surface area contributed by atoms with Crippen molar-refractivity contribution in [2.75, 3.05) is 0 Å². The van der Waals surface area contributed by atoms with E-state index in [9.17, 15) is 9.18 Å². The highest BCUT2D eigenvalue weighted by Gasteiger charge is 2.23. The molecule has 0 unspecified atom stereocenters. The van der Waals surface area contributed by atoms with Crippen molar-refractivity contribution in [3.05, 3.63) is 76.7 Å². The summed E-state index contributed by atoms with van der Waals surface area (Å²) in [5.41, 5.74) is 2.84. The number of hydrogen-bond donors (Lipinski definition) is 0. The summed E-state index contributed by atoms with van der Waals surface area (Å²) in [7, 11) is 0. The zero-order valence-corrected chi connectivity index (χ0v) is 12.8. The maximum atomic E-state index is 13.6. The molecule has 0 aromatic heterocycles. The third-order valence-electron chi connectivity index (χ3n) is 3.73. The van der Waals surface area contributed by atoms with Gasteiger partial charge in [0.1, 0.15) is 5.82 Å². The highest BCUT2D eigenvalue weighted by molar-refractivity contribution is 6.07. The molecule has 4 heteroatoms. The molecule has 1 aliphatic rings.